The van der Waals surface area contributed by atoms with E-state index >= 15 is 0 Å². The van der Waals surface area contributed by atoms with Crippen molar-refractivity contribution in [3.05, 3.63) is 42.4 Å². The van der Waals surface area contributed by atoms with Gasteiger partial charge in [0.25, 0.3) is 0 Å². The molecule has 0 fully saturated rings. The molecule has 0 saturated heterocycles. The molecule has 0 spiro atoms. The van der Waals surface area contributed by atoms with E-state index < -0.39 is 0 Å². The molecule has 8 heteroatoms. The summed E-state index contributed by atoms with van der Waals surface area (Å²) in [6, 6.07) is 8.26. The van der Waals surface area contributed by atoms with Crippen LogP contribution >= 0.6 is 0 Å². The number of aryl methyl sites for hydroxylation is 1. The number of carbonyl (C=O) groups is 1. The molecule has 0 saturated carbocycles. The molecule has 2 amide bonds. The van der Waals surface area contributed by atoms with Gasteiger partial charge in [-0.25, -0.2) is 14.8 Å². The number of benzene rings is 1. The molecule has 2 aromatic heterocycles. The maximum atomic E-state index is 12.1. The second-order valence-corrected chi connectivity index (χ2v) is 5.22. The number of hydrogen-bond donors (Lipinski definition) is 2. The molecular weight excluding hydrogens is 324 g/mol. The summed E-state index contributed by atoms with van der Waals surface area (Å²) in [5.74, 6) is 1.05. The van der Waals surface area contributed by atoms with E-state index in [1.54, 1.807) is 44.4 Å². The van der Waals surface area contributed by atoms with Gasteiger partial charge in [0.1, 0.15) is 12.1 Å². The molecule has 0 aliphatic carbocycles. The van der Waals surface area contributed by atoms with E-state index in [4.69, 9.17) is 13.9 Å². The van der Waals surface area contributed by atoms with Crippen molar-refractivity contribution in [3.8, 4) is 5.88 Å². The van der Waals surface area contributed by atoms with Crippen molar-refractivity contribution in [1.29, 1.82) is 0 Å². The third kappa shape index (κ3) is 4.45. The predicted octanol–water partition coefficient (Wildman–Crippen LogP) is 3.20. The topological polar surface area (TPSA) is 98.5 Å². The van der Waals surface area contributed by atoms with Gasteiger partial charge in [0.15, 0.2) is 11.5 Å². The van der Waals surface area contributed by atoms with Gasteiger partial charge in [0, 0.05) is 25.8 Å². The lowest BCUT2D eigenvalue weighted by atomic mass is 10.3. The molecule has 2 N–H and O–H groups in total. The number of oxazole rings is 1. The molecule has 3 aromatic rings. The summed E-state index contributed by atoms with van der Waals surface area (Å²) in [6.07, 6.45) is 1.52. The highest BCUT2D eigenvalue weighted by molar-refractivity contribution is 6.00. The Kier molecular flexibility index (Phi) is 5.10. The fraction of sp³-hybridized carbons (Fsp3) is 0.235. The Labute approximate surface area is 144 Å². The largest absolute Gasteiger partial charge is 0.475 e. The van der Waals surface area contributed by atoms with E-state index in [0.717, 1.165) is 0 Å². The minimum atomic E-state index is -0.380. The quantitative estimate of drug-likeness (QED) is 0.668. The fourth-order valence-electron chi connectivity index (χ4n) is 2.18. The van der Waals surface area contributed by atoms with E-state index in [0.29, 0.717) is 47.5 Å². The molecule has 1 aromatic carbocycles. The maximum absolute atomic E-state index is 12.1. The van der Waals surface area contributed by atoms with Crippen LogP contribution in [0.25, 0.3) is 11.1 Å². The number of amides is 2. The number of methoxy groups -OCH3 is 1. The van der Waals surface area contributed by atoms with Gasteiger partial charge in [0.2, 0.25) is 5.88 Å². The van der Waals surface area contributed by atoms with Crippen molar-refractivity contribution in [2.45, 2.75) is 6.92 Å². The number of aromatic nitrogens is 2. The number of anilines is 2. The van der Waals surface area contributed by atoms with E-state index in [2.05, 4.69) is 20.6 Å². The van der Waals surface area contributed by atoms with Gasteiger partial charge in [-0.1, -0.05) is 0 Å². The Hall–Kier alpha value is -3.13. The molecule has 0 atom stereocenters. The summed E-state index contributed by atoms with van der Waals surface area (Å²) in [7, 11) is 1.60. The molecule has 0 bridgehead atoms. The van der Waals surface area contributed by atoms with Crippen molar-refractivity contribution in [2.75, 3.05) is 31.0 Å². The van der Waals surface area contributed by atoms with Crippen LogP contribution < -0.4 is 15.4 Å². The summed E-state index contributed by atoms with van der Waals surface area (Å²) in [5, 5.41) is 5.44. The second-order valence-electron chi connectivity index (χ2n) is 5.22. The zero-order valence-corrected chi connectivity index (χ0v) is 13.9. The number of hydrogen-bond acceptors (Lipinski definition) is 6. The van der Waals surface area contributed by atoms with Crippen LogP contribution in [0.2, 0.25) is 0 Å². The normalized spacial score (nSPS) is 10.6. The lowest BCUT2D eigenvalue weighted by Gasteiger charge is -2.08. The number of urea groups is 1. The number of nitrogens with zero attached hydrogens (tertiary/aromatic N) is 2. The molecule has 0 radical (unpaired) electrons. The Balaban J connectivity index is 1.57. The van der Waals surface area contributed by atoms with Crippen LogP contribution in [0.3, 0.4) is 0 Å². The van der Waals surface area contributed by atoms with Gasteiger partial charge in [-0.05, 0) is 24.3 Å². The number of nitrogens with one attached hydrogen (secondary N) is 2. The molecule has 2 heterocycles. The average Bonchev–Trinajstić information content (AvgIpc) is 2.96. The summed E-state index contributed by atoms with van der Waals surface area (Å²) < 4.78 is 15.7. The Morgan fingerprint density at radius 2 is 1.96 bits per heavy atom. The van der Waals surface area contributed by atoms with Crippen molar-refractivity contribution in [2.24, 2.45) is 0 Å². The van der Waals surface area contributed by atoms with Crippen LogP contribution in [-0.4, -0.2) is 36.3 Å². The van der Waals surface area contributed by atoms with E-state index in [9.17, 15) is 4.79 Å². The average molecular weight is 342 g/mol. The second kappa shape index (κ2) is 7.63. The van der Waals surface area contributed by atoms with Gasteiger partial charge >= 0.3 is 6.03 Å². The van der Waals surface area contributed by atoms with Gasteiger partial charge in [-0.2, -0.15) is 0 Å². The van der Waals surface area contributed by atoms with Gasteiger partial charge in [0.05, 0.1) is 18.5 Å². The zero-order chi connectivity index (χ0) is 17.6. The first kappa shape index (κ1) is 16.7. The van der Waals surface area contributed by atoms with Crippen molar-refractivity contribution in [1.82, 2.24) is 9.97 Å². The first-order valence-corrected chi connectivity index (χ1v) is 7.67. The summed E-state index contributed by atoms with van der Waals surface area (Å²) >= 11 is 0. The number of pyridine rings is 1. The highest BCUT2D eigenvalue weighted by Crippen LogP contribution is 2.20. The molecule has 8 nitrogen and oxygen atoms in total. The first-order chi connectivity index (χ1) is 12.1. The molecule has 0 unspecified atom stereocenters. The standard InChI is InChI=1S/C17H18N4O4/c1-11-19-14-9-12(3-5-15(14)25-11)20-17(22)21-13-4-6-16(18-10-13)24-8-7-23-2/h3-6,9-10H,7-8H2,1-2H3,(H2,20,21,22). The van der Waals surface area contributed by atoms with Gasteiger partial charge in [-0.3, -0.25) is 0 Å². The lowest BCUT2D eigenvalue weighted by Crippen LogP contribution is -2.19. The molecular formula is C17H18N4O4. The molecule has 3 rings (SSSR count). The zero-order valence-electron chi connectivity index (χ0n) is 13.9. The third-order valence-corrected chi connectivity index (χ3v) is 3.28. The van der Waals surface area contributed by atoms with Crippen LogP contribution in [0.15, 0.2) is 40.9 Å². The van der Waals surface area contributed by atoms with Crippen molar-refractivity contribution in [3.63, 3.8) is 0 Å². The summed E-state index contributed by atoms with van der Waals surface area (Å²) in [4.78, 5) is 20.4. The minimum Gasteiger partial charge on any atom is -0.475 e. The predicted molar refractivity (Wildman–Crippen MR) is 93.0 cm³/mol. The third-order valence-electron chi connectivity index (χ3n) is 3.28. The van der Waals surface area contributed by atoms with Crippen LogP contribution in [0.5, 0.6) is 5.88 Å². The molecule has 25 heavy (non-hydrogen) atoms. The fourth-order valence-corrected chi connectivity index (χ4v) is 2.18. The maximum Gasteiger partial charge on any atom is 0.323 e. The highest BCUT2D eigenvalue weighted by atomic mass is 16.5. The van der Waals surface area contributed by atoms with Crippen LogP contribution in [0, 0.1) is 6.92 Å². The summed E-state index contributed by atoms with van der Waals surface area (Å²) in [5.41, 5.74) is 2.53. The van der Waals surface area contributed by atoms with Gasteiger partial charge < -0.3 is 24.5 Å². The van der Waals surface area contributed by atoms with Gasteiger partial charge in [-0.15, -0.1) is 0 Å². The van der Waals surface area contributed by atoms with E-state index in [1.807, 2.05) is 0 Å². The lowest BCUT2D eigenvalue weighted by molar-refractivity contribution is 0.144. The van der Waals surface area contributed by atoms with Crippen molar-refractivity contribution < 1.29 is 18.7 Å². The van der Waals surface area contributed by atoms with Crippen LogP contribution in [0.1, 0.15) is 5.89 Å². The molecule has 130 valence electrons. The smallest absolute Gasteiger partial charge is 0.323 e. The first-order valence-electron chi connectivity index (χ1n) is 7.67. The molecule has 0 aliphatic rings. The SMILES string of the molecule is COCCOc1ccc(NC(=O)Nc2ccc3oc(C)nc3c2)cn1. The number of fused-ring (bicyclic) bond motifs is 1. The number of carbonyl (C=O) groups excluding carboxylic acids is 1. The Bertz CT molecular complexity index is 861. The minimum absolute atomic E-state index is 0.380. The Morgan fingerprint density at radius 1 is 1.16 bits per heavy atom. The van der Waals surface area contributed by atoms with Crippen molar-refractivity contribution >= 4 is 28.5 Å². The summed E-state index contributed by atoms with van der Waals surface area (Å²) in [6.45, 7) is 2.68. The highest BCUT2D eigenvalue weighted by Gasteiger charge is 2.07. The van der Waals surface area contributed by atoms with Crippen LogP contribution in [0.4, 0.5) is 16.2 Å². The number of ether oxygens (including phenoxy) is 2. The van der Waals surface area contributed by atoms with E-state index in [1.165, 1.54) is 6.20 Å². The number of rotatable bonds is 6. The van der Waals surface area contributed by atoms with Crippen LogP contribution in [-0.2, 0) is 4.74 Å². The Morgan fingerprint density at radius 3 is 2.72 bits per heavy atom. The van der Waals surface area contributed by atoms with E-state index in [-0.39, 0.29) is 6.03 Å². The molecule has 0 aliphatic heterocycles. The monoisotopic (exact) mass is 342 g/mol.